The van der Waals surface area contributed by atoms with E-state index in [4.69, 9.17) is 0 Å². The van der Waals surface area contributed by atoms with Crippen molar-refractivity contribution in [3.8, 4) is 0 Å². The number of benzene rings is 3. The maximum atomic E-state index is 13.4. The first-order chi connectivity index (χ1) is 15.1. The van der Waals surface area contributed by atoms with Crippen molar-refractivity contribution in [1.29, 1.82) is 0 Å². The summed E-state index contributed by atoms with van der Waals surface area (Å²) in [5.74, 6) is 0. The average molecular weight is 649 g/mol. The Labute approximate surface area is 221 Å². The van der Waals surface area contributed by atoms with Gasteiger partial charge in [0.2, 0.25) is 0 Å². The Bertz CT molecular complexity index is 1100. The fraction of sp³-hybridized carbons (Fsp3) is 0.280. The maximum absolute atomic E-state index is 13.4. The summed E-state index contributed by atoms with van der Waals surface area (Å²) in [6.07, 6.45) is -3.49. The van der Waals surface area contributed by atoms with E-state index in [1.165, 1.54) is 33.0 Å². The lowest BCUT2D eigenvalue weighted by atomic mass is 10.1. The Morgan fingerprint density at radius 3 is 2.27 bits per heavy atom. The van der Waals surface area contributed by atoms with Gasteiger partial charge in [0.25, 0.3) is 0 Å². The molecule has 0 aromatic heterocycles. The number of quaternary nitrogens is 1. The van der Waals surface area contributed by atoms with Crippen molar-refractivity contribution >= 4 is 45.7 Å². The van der Waals surface area contributed by atoms with Crippen LogP contribution in [-0.2, 0) is 12.7 Å². The number of alkyl halides is 3. The average Bonchev–Trinajstić information content (AvgIpc) is 2.73. The molecular weight excluding hydrogens is 624 g/mol. The molecule has 3 aromatic carbocycles. The van der Waals surface area contributed by atoms with Crippen molar-refractivity contribution in [2.75, 3.05) is 32.1 Å². The second-order valence-corrected chi connectivity index (χ2v) is 11.0. The van der Waals surface area contributed by atoms with Crippen LogP contribution >= 0.6 is 34.4 Å². The van der Waals surface area contributed by atoms with Gasteiger partial charge in [-0.25, -0.2) is 0 Å². The van der Waals surface area contributed by atoms with Crippen LogP contribution in [-0.4, -0.2) is 31.7 Å². The molecule has 2 nitrogen and oxygen atoms in total. The van der Waals surface area contributed by atoms with Gasteiger partial charge in [-0.2, -0.15) is 13.2 Å². The molecule has 0 spiro atoms. The predicted molar refractivity (Wildman–Crippen MR) is 133 cm³/mol. The van der Waals surface area contributed by atoms with E-state index in [9.17, 15) is 13.2 Å². The fourth-order valence-electron chi connectivity index (χ4n) is 4.07. The fourth-order valence-corrected chi connectivity index (χ4v) is 5.50. The standard InChI is InChI=1S/C25H25F3IN2S.BrH/c1-31(2,17-18-8-11-20(29)12-9-18)15-5-14-30-21-6-3-4-7-23(21)32-24-13-10-19(16-22(24)30)25(26,27)28;/h3-4,6-13,16H,5,14-15,17H2,1-2H3;1H/q+1;/p-1. The highest BCUT2D eigenvalue weighted by Crippen LogP contribution is 2.49. The van der Waals surface area contributed by atoms with Gasteiger partial charge in [0.15, 0.2) is 0 Å². The Morgan fingerprint density at radius 2 is 1.58 bits per heavy atom. The first-order valence-corrected chi connectivity index (χ1v) is 12.3. The van der Waals surface area contributed by atoms with Crippen LogP contribution in [0, 0.1) is 3.57 Å². The van der Waals surface area contributed by atoms with Crippen LogP contribution in [0.5, 0.6) is 0 Å². The summed E-state index contributed by atoms with van der Waals surface area (Å²) in [5.41, 5.74) is 2.31. The normalized spacial score (nSPS) is 13.2. The van der Waals surface area contributed by atoms with Gasteiger partial charge >= 0.3 is 6.18 Å². The molecule has 1 heterocycles. The molecule has 0 fully saturated rings. The topological polar surface area (TPSA) is 3.24 Å². The molecule has 0 radical (unpaired) electrons. The highest BCUT2D eigenvalue weighted by molar-refractivity contribution is 14.1. The summed E-state index contributed by atoms with van der Waals surface area (Å²) in [5, 5.41) is 0. The lowest BCUT2D eigenvalue weighted by molar-refractivity contribution is -0.903. The van der Waals surface area contributed by atoms with E-state index in [0.717, 1.165) is 39.5 Å². The van der Waals surface area contributed by atoms with Crippen molar-refractivity contribution in [1.82, 2.24) is 0 Å². The molecule has 1 aliphatic rings. The summed E-state index contributed by atoms with van der Waals surface area (Å²) in [7, 11) is 4.40. The molecular formula is C25H25BrF3IN2S. The van der Waals surface area contributed by atoms with Gasteiger partial charge < -0.3 is 26.4 Å². The van der Waals surface area contributed by atoms with Gasteiger partial charge in [-0.15, -0.1) is 0 Å². The summed E-state index contributed by atoms with van der Waals surface area (Å²) >= 11 is 3.84. The SMILES string of the molecule is C[N+](C)(CCCN1c2ccccc2Sc2ccc(C(F)(F)F)cc21)Cc1ccc(I)cc1.[Br-]. The van der Waals surface area contributed by atoms with Crippen LogP contribution in [0.1, 0.15) is 17.5 Å². The first-order valence-electron chi connectivity index (χ1n) is 10.4. The van der Waals surface area contributed by atoms with E-state index in [0.29, 0.717) is 12.2 Å². The van der Waals surface area contributed by atoms with E-state index in [-0.39, 0.29) is 17.0 Å². The lowest BCUT2D eigenvalue weighted by Crippen LogP contribution is -3.00. The molecule has 0 bridgehead atoms. The molecule has 33 heavy (non-hydrogen) atoms. The molecule has 0 atom stereocenters. The minimum atomic E-state index is -4.35. The van der Waals surface area contributed by atoms with Crippen LogP contribution in [0.4, 0.5) is 24.5 Å². The van der Waals surface area contributed by atoms with E-state index in [1.54, 1.807) is 6.07 Å². The van der Waals surface area contributed by atoms with Crippen molar-refractivity contribution in [2.24, 2.45) is 0 Å². The van der Waals surface area contributed by atoms with Crippen LogP contribution in [0.25, 0.3) is 0 Å². The molecule has 3 aromatic rings. The lowest BCUT2D eigenvalue weighted by Gasteiger charge is -2.35. The molecule has 4 rings (SSSR count). The van der Waals surface area contributed by atoms with E-state index < -0.39 is 11.7 Å². The number of hydrogen-bond acceptors (Lipinski definition) is 2. The zero-order chi connectivity index (χ0) is 22.9. The number of halogens is 5. The molecule has 0 saturated heterocycles. The van der Waals surface area contributed by atoms with Crippen LogP contribution in [0.3, 0.4) is 0 Å². The molecule has 176 valence electrons. The van der Waals surface area contributed by atoms with Gasteiger partial charge in [0.1, 0.15) is 6.54 Å². The molecule has 1 aliphatic heterocycles. The maximum Gasteiger partial charge on any atom is 0.416 e. The monoisotopic (exact) mass is 648 g/mol. The van der Waals surface area contributed by atoms with Crippen molar-refractivity contribution in [3.63, 3.8) is 0 Å². The van der Waals surface area contributed by atoms with Crippen molar-refractivity contribution < 1.29 is 34.6 Å². The molecule has 8 heteroatoms. The first kappa shape index (κ1) is 26.4. The molecule has 0 aliphatic carbocycles. The Hall–Kier alpha value is -1.23. The van der Waals surface area contributed by atoms with Crippen LogP contribution < -0.4 is 21.9 Å². The number of anilines is 2. The zero-order valence-electron chi connectivity index (χ0n) is 18.4. The third-order valence-electron chi connectivity index (χ3n) is 5.62. The van der Waals surface area contributed by atoms with Crippen LogP contribution in [0.15, 0.2) is 76.5 Å². The Balaban J connectivity index is 0.00000306. The highest BCUT2D eigenvalue weighted by Gasteiger charge is 2.33. The Kier molecular flexibility index (Phi) is 8.46. The molecule has 0 amide bonds. The quantitative estimate of drug-likeness (QED) is 0.285. The second kappa shape index (κ2) is 10.6. The number of para-hydroxylation sites is 1. The second-order valence-electron chi connectivity index (χ2n) is 8.70. The number of rotatable bonds is 6. The van der Waals surface area contributed by atoms with Gasteiger partial charge in [-0.3, -0.25) is 0 Å². The van der Waals surface area contributed by atoms with Gasteiger partial charge in [0, 0.05) is 31.9 Å². The van der Waals surface area contributed by atoms with E-state index in [2.05, 4.69) is 65.9 Å². The summed E-state index contributed by atoms with van der Waals surface area (Å²) in [6, 6.07) is 20.6. The third-order valence-corrected chi connectivity index (χ3v) is 7.47. The van der Waals surface area contributed by atoms with Gasteiger partial charge in [-0.05, 0) is 65.1 Å². The van der Waals surface area contributed by atoms with Crippen molar-refractivity contribution in [2.45, 2.75) is 28.9 Å². The largest absolute Gasteiger partial charge is 1.00 e. The minimum Gasteiger partial charge on any atom is -1.00 e. The number of fused-ring (bicyclic) bond motifs is 2. The molecule has 0 saturated carbocycles. The summed E-state index contributed by atoms with van der Waals surface area (Å²) in [6.45, 7) is 2.50. The highest BCUT2D eigenvalue weighted by atomic mass is 127. The third kappa shape index (κ3) is 6.46. The van der Waals surface area contributed by atoms with E-state index >= 15 is 0 Å². The predicted octanol–water partition coefficient (Wildman–Crippen LogP) is 4.58. The van der Waals surface area contributed by atoms with Crippen molar-refractivity contribution in [3.05, 3.63) is 81.4 Å². The number of hydrogen-bond donors (Lipinski definition) is 0. The Morgan fingerprint density at radius 1 is 0.909 bits per heavy atom. The number of nitrogens with zero attached hydrogens (tertiary/aromatic N) is 2. The summed E-state index contributed by atoms with van der Waals surface area (Å²) < 4.78 is 42.2. The molecule has 0 N–H and O–H groups in total. The smallest absolute Gasteiger partial charge is 0.416 e. The van der Waals surface area contributed by atoms with Gasteiger partial charge in [0.05, 0.1) is 37.6 Å². The molecule has 0 unspecified atom stereocenters. The summed E-state index contributed by atoms with van der Waals surface area (Å²) in [4.78, 5) is 4.00. The van der Waals surface area contributed by atoms with Crippen LogP contribution in [0.2, 0.25) is 0 Å². The van der Waals surface area contributed by atoms with E-state index in [1.807, 2.05) is 24.3 Å². The van der Waals surface area contributed by atoms with Gasteiger partial charge in [-0.1, -0.05) is 36.0 Å². The minimum absolute atomic E-state index is 0. The zero-order valence-corrected chi connectivity index (χ0v) is 22.9.